The molecule has 0 N–H and O–H groups in total. The van der Waals surface area contributed by atoms with Gasteiger partial charge in [-0.2, -0.15) is 0 Å². The van der Waals surface area contributed by atoms with Crippen molar-refractivity contribution in [1.82, 2.24) is 4.90 Å². The van der Waals surface area contributed by atoms with E-state index in [1.165, 1.54) is 11.3 Å². The highest BCUT2D eigenvalue weighted by atomic mass is 32.1. The van der Waals surface area contributed by atoms with Gasteiger partial charge in [0.25, 0.3) is 0 Å². The van der Waals surface area contributed by atoms with E-state index in [0.717, 1.165) is 25.8 Å². The molecule has 2 nitrogen and oxygen atoms in total. The molecule has 3 aliphatic rings. The van der Waals surface area contributed by atoms with Gasteiger partial charge in [-0.1, -0.05) is 18.2 Å². The molecular weight excluding hydrogens is 254 g/mol. The Kier molecular flexibility index (Phi) is 2.76. The molecular formula is C16H19NOS. The summed E-state index contributed by atoms with van der Waals surface area (Å²) in [4.78, 5) is 16.4. The molecule has 3 heteroatoms. The van der Waals surface area contributed by atoms with Crippen LogP contribution < -0.4 is 0 Å². The summed E-state index contributed by atoms with van der Waals surface area (Å²) in [7, 11) is 0. The van der Waals surface area contributed by atoms with Crippen LogP contribution >= 0.6 is 11.3 Å². The lowest BCUT2D eigenvalue weighted by atomic mass is 9.92. The van der Waals surface area contributed by atoms with Crippen molar-refractivity contribution in [3.8, 4) is 0 Å². The van der Waals surface area contributed by atoms with Crippen LogP contribution in [-0.4, -0.2) is 17.4 Å². The van der Waals surface area contributed by atoms with Crippen LogP contribution in [0.2, 0.25) is 0 Å². The molecule has 2 aliphatic carbocycles. The second-order valence-electron chi connectivity index (χ2n) is 6.09. The standard InChI is InChI=1S/C16H19NOS/c18-16(13-10-11-5-6-12(13)9-11)17-7-1-3-14(17)15-4-2-8-19-15/h2,4-6,8,11-14H,1,3,7,9-10H2. The molecule has 1 saturated heterocycles. The number of thiophene rings is 1. The van der Waals surface area contributed by atoms with Gasteiger partial charge in [0, 0.05) is 17.3 Å². The number of hydrogen-bond acceptors (Lipinski definition) is 2. The summed E-state index contributed by atoms with van der Waals surface area (Å²) in [5.74, 6) is 1.91. The SMILES string of the molecule is O=C(C1CC2C=CC1C2)N1CCCC1c1cccs1. The minimum atomic E-state index is 0.274. The minimum Gasteiger partial charge on any atom is -0.335 e. The van der Waals surface area contributed by atoms with Crippen molar-refractivity contribution >= 4 is 17.2 Å². The Balaban J connectivity index is 1.55. The van der Waals surface area contributed by atoms with E-state index in [-0.39, 0.29) is 5.92 Å². The van der Waals surface area contributed by atoms with Crippen LogP contribution in [-0.2, 0) is 4.79 Å². The number of likely N-dealkylation sites (tertiary alicyclic amines) is 1. The summed E-state index contributed by atoms with van der Waals surface area (Å²) in [5, 5.41) is 2.12. The largest absolute Gasteiger partial charge is 0.335 e. The molecule has 0 aromatic carbocycles. The Hall–Kier alpha value is -1.09. The Morgan fingerprint density at radius 2 is 2.26 bits per heavy atom. The maximum absolute atomic E-state index is 12.8. The number of rotatable bonds is 2. The monoisotopic (exact) mass is 273 g/mol. The van der Waals surface area contributed by atoms with Crippen LogP contribution in [0.15, 0.2) is 29.7 Å². The Labute approximate surface area is 118 Å². The maximum Gasteiger partial charge on any atom is 0.226 e. The van der Waals surface area contributed by atoms with Crippen molar-refractivity contribution in [3.05, 3.63) is 34.5 Å². The fraction of sp³-hybridized carbons (Fsp3) is 0.562. The number of nitrogens with zero attached hydrogens (tertiary/aromatic N) is 1. The van der Waals surface area contributed by atoms with Crippen LogP contribution in [0.1, 0.15) is 36.6 Å². The lowest BCUT2D eigenvalue weighted by Crippen LogP contribution is -2.37. The zero-order chi connectivity index (χ0) is 12.8. The number of fused-ring (bicyclic) bond motifs is 2. The van der Waals surface area contributed by atoms with Crippen LogP contribution in [0, 0.1) is 17.8 Å². The van der Waals surface area contributed by atoms with E-state index in [1.807, 2.05) is 0 Å². The molecule has 2 fully saturated rings. The Bertz CT molecular complexity index is 507. The highest BCUT2D eigenvalue weighted by molar-refractivity contribution is 7.10. The molecule has 4 atom stereocenters. The van der Waals surface area contributed by atoms with Crippen molar-refractivity contribution in [3.63, 3.8) is 0 Å². The highest BCUT2D eigenvalue weighted by Gasteiger charge is 2.43. The van der Waals surface area contributed by atoms with Crippen LogP contribution in [0.25, 0.3) is 0 Å². The van der Waals surface area contributed by atoms with Gasteiger partial charge in [0.1, 0.15) is 0 Å². The van der Waals surface area contributed by atoms with Gasteiger partial charge >= 0.3 is 0 Å². The molecule has 4 rings (SSSR count). The first-order chi connectivity index (χ1) is 9.33. The number of carbonyl (C=O) groups excluding carboxylic acids is 1. The molecule has 4 unspecified atom stereocenters. The average molecular weight is 273 g/mol. The van der Waals surface area contributed by atoms with E-state index in [2.05, 4.69) is 34.6 Å². The molecule has 1 saturated carbocycles. The third-order valence-corrected chi connectivity index (χ3v) is 5.98. The molecule has 2 heterocycles. The number of carbonyl (C=O) groups is 1. The van der Waals surface area contributed by atoms with E-state index in [1.54, 1.807) is 11.3 Å². The number of hydrogen-bond donors (Lipinski definition) is 0. The predicted octanol–water partition coefficient (Wildman–Crippen LogP) is 3.62. The zero-order valence-corrected chi connectivity index (χ0v) is 11.8. The first-order valence-corrected chi connectivity index (χ1v) is 8.23. The van der Waals surface area contributed by atoms with Gasteiger partial charge in [0.05, 0.1) is 6.04 Å². The molecule has 2 bridgehead atoms. The van der Waals surface area contributed by atoms with Gasteiger partial charge in [-0.15, -0.1) is 11.3 Å². The summed E-state index contributed by atoms with van der Waals surface area (Å²) in [5.41, 5.74) is 0. The van der Waals surface area contributed by atoms with Gasteiger partial charge in [-0.25, -0.2) is 0 Å². The van der Waals surface area contributed by atoms with Gasteiger partial charge in [0.2, 0.25) is 5.91 Å². The first-order valence-electron chi connectivity index (χ1n) is 7.35. The van der Waals surface area contributed by atoms with Crippen LogP contribution in [0.3, 0.4) is 0 Å². The molecule has 1 aromatic heterocycles. The van der Waals surface area contributed by atoms with Crippen LogP contribution in [0.5, 0.6) is 0 Å². The molecule has 0 spiro atoms. The van der Waals surface area contributed by atoms with E-state index < -0.39 is 0 Å². The second kappa shape index (κ2) is 4.48. The van der Waals surface area contributed by atoms with Gasteiger partial charge in [-0.05, 0) is 49.0 Å². The van der Waals surface area contributed by atoms with Crippen LogP contribution in [0.4, 0.5) is 0 Å². The quantitative estimate of drug-likeness (QED) is 0.754. The first kappa shape index (κ1) is 11.7. The summed E-state index contributed by atoms with van der Waals surface area (Å²) in [6.07, 6.45) is 9.21. The molecule has 1 aromatic rings. The normalized spacial score (nSPS) is 36.3. The molecule has 19 heavy (non-hydrogen) atoms. The predicted molar refractivity (Wildman–Crippen MR) is 76.9 cm³/mol. The third-order valence-electron chi connectivity index (χ3n) is 5.00. The fourth-order valence-corrected chi connectivity index (χ4v) is 4.96. The summed E-state index contributed by atoms with van der Waals surface area (Å²) in [6.45, 7) is 0.957. The topological polar surface area (TPSA) is 20.3 Å². The molecule has 1 amide bonds. The van der Waals surface area contributed by atoms with Gasteiger partial charge in [0.15, 0.2) is 0 Å². The smallest absolute Gasteiger partial charge is 0.226 e. The lowest BCUT2D eigenvalue weighted by molar-refractivity contribution is -0.137. The second-order valence-corrected chi connectivity index (χ2v) is 7.07. The van der Waals surface area contributed by atoms with E-state index >= 15 is 0 Å². The third kappa shape index (κ3) is 1.86. The fourth-order valence-electron chi connectivity index (χ4n) is 4.08. The Morgan fingerprint density at radius 1 is 1.32 bits per heavy atom. The molecule has 1 aliphatic heterocycles. The van der Waals surface area contributed by atoms with Crippen molar-refractivity contribution in [1.29, 1.82) is 0 Å². The summed E-state index contributed by atoms with van der Waals surface area (Å²) >= 11 is 1.79. The van der Waals surface area contributed by atoms with E-state index in [0.29, 0.717) is 23.8 Å². The highest BCUT2D eigenvalue weighted by Crippen LogP contribution is 2.46. The number of allylic oxidation sites excluding steroid dienone is 2. The molecule has 100 valence electrons. The van der Waals surface area contributed by atoms with Crippen molar-refractivity contribution in [2.45, 2.75) is 31.7 Å². The van der Waals surface area contributed by atoms with E-state index in [9.17, 15) is 4.79 Å². The van der Waals surface area contributed by atoms with Crippen molar-refractivity contribution in [2.75, 3.05) is 6.54 Å². The summed E-state index contributed by atoms with van der Waals surface area (Å²) in [6, 6.07) is 4.64. The minimum absolute atomic E-state index is 0.274. The Morgan fingerprint density at radius 3 is 2.95 bits per heavy atom. The van der Waals surface area contributed by atoms with E-state index in [4.69, 9.17) is 0 Å². The molecule has 0 radical (unpaired) electrons. The van der Waals surface area contributed by atoms with Gasteiger partial charge in [-0.3, -0.25) is 4.79 Å². The number of amides is 1. The lowest BCUT2D eigenvalue weighted by Gasteiger charge is -2.29. The summed E-state index contributed by atoms with van der Waals surface area (Å²) < 4.78 is 0. The zero-order valence-electron chi connectivity index (χ0n) is 11.0. The van der Waals surface area contributed by atoms with Gasteiger partial charge < -0.3 is 4.90 Å². The van der Waals surface area contributed by atoms with Crippen molar-refractivity contribution in [2.24, 2.45) is 17.8 Å². The van der Waals surface area contributed by atoms with Crippen molar-refractivity contribution < 1.29 is 4.79 Å². The maximum atomic E-state index is 12.8. The average Bonchev–Trinajstić information content (AvgIpc) is 3.17.